The molecule has 132 valence electrons. The van der Waals surface area contributed by atoms with Crippen molar-refractivity contribution in [1.29, 1.82) is 0 Å². The molecule has 1 aliphatic rings. The smallest absolute Gasteiger partial charge is 0.306 e. The van der Waals surface area contributed by atoms with E-state index in [2.05, 4.69) is 28.1 Å². The number of alkyl halides is 1. The van der Waals surface area contributed by atoms with E-state index in [0.29, 0.717) is 24.9 Å². The fourth-order valence-corrected chi connectivity index (χ4v) is 3.63. The number of hydrogen-bond donors (Lipinski definition) is 0. The quantitative estimate of drug-likeness (QED) is 0.374. The van der Waals surface area contributed by atoms with E-state index in [4.69, 9.17) is 4.74 Å². The topological polar surface area (TPSA) is 43.4 Å². The maximum absolute atomic E-state index is 12.3. The Bertz CT molecular complexity index is 564. The molecule has 0 N–H and O–H groups in total. The Hall–Kier alpha value is -1.16. The Balaban J connectivity index is 1.90. The van der Waals surface area contributed by atoms with Gasteiger partial charge in [0.05, 0.1) is 10.9 Å². The summed E-state index contributed by atoms with van der Waals surface area (Å²) in [6.45, 7) is 6.05. The zero-order valence-corrected chi connectivity index (χ0v) is 16.4. The Kier molecular flexibility index (Phi) is 6.62. The van der Waals surface area contributed by atoms with Gasteiger partial charge in [-0.25, -0.2) is 0 Å². The second kappa shape index (κ2) is 8.28. The standard InChI is InChI=1S/C20H27BrO3/c1-4-24-18(22)13-14-5-7-15(8-6-14)16-9-11-17(12-10-16)19(23)20(2,3)21/h9-12,14-15H,4-8,13H2,1-3H3. The molecule has 0 heterocycles. The van der Waals surface area contributed by atoms with Crippen molar-refractivity contribution in [3.05, 3.63) is 35.4 Å². The van der Waals surface area contributed by atoms with Crippen LogP contribution in [0.5, 0.6) is 0 Å². The zero-order chi connectivity index (χ0) is 17.7. The number of carbonyl (C=O) groups excluding carboxylic acids is 2. The molecule has 0 radical (unpaired) electrons. The van der Waals surface area contributed by atoms with Gasteiger partial charge in [-0.1, -0.05) is 40.2 Å². The van der Waals surface area contributed by atoms with Crippen LogP contribution in [0.2, 0.25) is 0 Å². The van der Waals surface area contributed by atoms with Crippen LogP contribution in [-0.4, -0.2) is 22.7 Å². The molecule has 1 aliphatic carbocycles. The van der Waals surface area contributed by atoms with Crippen molar-refractivity contribution in [3.63, 3.8) is 0 Å². The van der Waals surface area contributed by atoms with Crippen LogP contribution in [0.1, 0.15) is 74.7 Å². The second-order valence-electron chi connectivity index (χ2n) is 7.15. The van der Waals surface area contributed by atoms with Gasteiger partial charge in [0.2, 0.25) is 0 Å². The zero-order valence-electron chi connectivity index (χ0n) is 14.8. The third-order valence-corrected chi connectivity index (χ3v) is 5.15. The van der Waals surface area contributed by atoms with Crippen molar-refractivity contribution in [2.24, 2.45) is 5.92 Å². The summed E-state index contributed by atoms with van der Waals surface area (Å²) in [4.78, 5) is 23.8. The maximum atomic E-state index is 12.3. The molecule has 1 saturated carbocycles. The predicted octanol–water partition coefficient (Wildman–Crippen LogP) is 5.27. The van der Waals surface area contributed by atoms with Gasteiger partial charge in [-0.3, -0.25) is 9.59 Å². The van der Waals surface area contributed by atoms with Crippen LogP contribution in [0.3, 0.4) is 0 Å². The fourth-order valence-electron chi connectivity index (χ4n) is 3.41. The summed E-state index contributed by atoms with van der Waals surface area (Å²) in [6.07, 6.45) is 4.88. The van der Waals surface area contributed by atoms with Crippen LogP contribution < -0.4 is 0 Å². The third-order valence-electron chi connectivity index (χ3n) is 4.79. The van der Waals surface area contributed by atoms with Crippen LogP contribution in [-0.2, 0) is 9.53 Å². The van der Waals surface area contributed by atoms with Gasteiger partial charge in [0.25, 0.3) is 0 Å². The van der Waals surface area contributed by atoms with Gasteiger partial charge in [-0.2, -0.15) is 0 Å². The van der Waals surface area contributed by atoms with E-state index in [-0.39, 0.29) is 11.8 Å². The van der Waals surface area contributed by atoms with E-state index >= 15 is 0 Å². The molecule has 1 aromatic rings. The number of rotatable bonds is 6. The molecule has 3 nitrogen and oxygen atoms in total. The predicted molar refractivity (Wildman–Crippen MR) is 99.7 cm³/mol. The first-order valence-corrected chi connectivity index (χ1v) is 9.59. The first kappa shape index (κ1) is 19.2. The number of hydrogen-bond acceptors (Lipinski definition) is 3. The van der Waals surface area contributed by atoms with E-state index in [9.17, 15) is 9.59 Å². The Labute approximate surface area is 153 Å². The largest absolute Gasteiger partial charge is 0.466 e. The van der Waals surface area contributed by atoms with Crippen molar-refractivity contribution in [3.8, 4) is 0 Å². The molecule has 1 fully saturated rings. The lowest BCUT2D eigenvalue weighted by molar-refractivity contribution is -0.144. The fraction of sp³-hybridized carbons (Fsp3) is 0.600. The molecule has 1 aromatic carbocycles. The van der Waals surface area contributed by atoms with E-state index in [0.717, 1.165) is 31.2 Å². The van der Waals surface area contributed by atoms with Crippen LogP contribution in [0.15, 0.2) is 24.3 Å². The normalized spacial score (nSPS) is 21.3. The minimum Gasteiger partial charge on any atom is -0.466 e. The van der Waals surface area contributed by atoms with Gasteiger partial charge >= 0.3 is 5.97 Å². The highest BCUT2D eigenvalue weighted by molar-refractivity contribution is 9.10. The summed E-state index contributed by atoms with van der Waals surface area (Å²) in [5, 5.41) is 0. The summed E-state index contributed by atoms with van der Waals surface area (Å²) < 4.78 is 4.52. The summed E-state index contributed by atoms with van der Waals surface area (Å²) in [5.74, 6) is 1.02. The molecule has 0 bridgehead atoms. The molecule has 0 aromatic heterocycles. The average molecular weight is 395 g/mol. The Morgan fingerprint density at radius 3 is 2.21 bits per heavy atom. The number of ether oxygens (including phenoxy) is 1. The lowest BCUT2D eigenvalue weighted by Crippen LogP contribution is -2.24. The van der Waals surface area contributed by atoms with Gasteiger partial charge in [0.15, 0.2) is 5.78 Å². The number of benzene rings is 1. The lowest BCUT2D eigenvalue weighted by atomic mass is 9.77. The number of esters is 1. The summed E-state index contributed by atoms with van der Waals surface area (Å²) in [5.41, 5.74) is 2.05. The van der Waals surface area contributed by atoms with Gasteiger partial charge in [0, 0.05) is 12.0 Å². The summed E-state index contributed by atoms with van der Waals surface area (Å²) in [7, 11) is 0. The van der Waals surface area contributed by atoms with E-state index in [1.165, 1.54) is 5.56 Å². The maximum Gasteiger partial charge on any atom is 0.306 e. The highest BCUT2D eigenvalue weighted by atomic mass is 79.9. The molecule has 4 heteroatoms. The van der Waals surface area contributed by atoms with Crippen molar-refractivity contribution in [2.75, 3.05) is 6.61 Å². The Morgan fingerprint density at radius 2 is 1.71 bits per heavy atom. The van der Waals surface area contributed by atoms with E-state index < -0.39 is 4.32 Å². The second-order valence-corrected chi connectivity index (χ2v) is 9.13. The molecule has 2 rings (SSSR count). The van der Waals surface area contributed by atoms with Crippen LogP contribution in [0.4, 0.5) is 0 Å². The first-order chi connectivity index (χ1) is 11.3. The van der Waals surface area contributed by atoms with Crippen molar-refractivity contribution < 1.29 is 14.3 Å². The summed E-state index contributed by atoms with van der Waals surface area (Å²) in [6, 6.07) is 8.04. The van der Waals surface area contributed by atoms with Crippen LogP contribution in [0.25, 0.3) is 0 Å². The molecule has 24 heavy (non-hydrogen) atoms. The van der Waals surface area contributed by atoms with Crippen molar-refractivity contribution >= 4 is 27.7 Å². The van der Waals surface area contributed by atoms with Gasteiger partial charge in [-0.15, -0.1) is 0 Å². The molecule has 0 amide bonds. The van der Waals surface area contributed by atoms with Crippen molar-refractivity contribution in [1.82, 2.24) is 0 Å². The number of halogens is 1. The molecular weight excluding hydrogens is 368 g/mol. The number of Topliss-reactive ketones (excluding diaryl/α,β-unsaturated/α-hetero) is 1. The monoisotopic (exact) mass is 394 g/mol. The molecule has 0 unspecified atom stereocenters. The number of ketones is 1. The van der Waals surface area contributed by atoms with E-state index in [1.807, 2.05) is 32.9 Å². The summed E-state index contributed by atoms with van der Waals surface area (Å²) >= 11 is 3.43. The van der Waals surface area contributed by atoms with E-state index in [1.54, 1.807) is 0 Å². The van der Waals surface area contributed by atoms with Gasteiger partial charge in [0.1, 0.15) is 0 Å². The Morgan fingerprint density at radius 1 is 1.12 bits per heavy atom. The highest BCUT2D eigenvalue weighted by Crippen LogP contribution is 2.37. The molecule has 0 spiro atoms. The first-order valence-electron chi connectivity index (χ1n) is 8.80. The lowest BCUT2D eigenvalue weighted by Gasteiger charge is -2.28. The third kappa shape index (κ3) is 5.17. The van der Waals surface area contributed by atoms with Crippen LogP contribution >= 0.6 is 15.9 Å². The molecular formula is C20H27BrO3. The van der Waals surface area contributed by atoms with Crippen molar-refractivity contribution in [2.45, 2.75) is 63.1 Å². The SMILES string of the molecule is CCOC(=O)CC1CCC(c2ccc(C(=O)C(C)(C)Br)cc2)CC1. The van der Waals surface area contributed by atoms with Gasteiger partial charge < -0.3 is 4.74 Å². The highest BCUT2D eigenvalue weighted by Gasteiger charge is 2.27. The molecule has 0 atom stereocenters. The molecule has 0 saturated heterocycles. The number of carbonyl (C=O) groups is 2. The van der Waals surface area contributed by atoms with Crippen LogP contribution in [0, 0.1) is 5.92 Å². The molecule has 0 aliphatic heterocycles. The minimum absolute atomic E-state index is 0.0683. The minimum atomic E-state index is -0.528. The average Bonchev–Trinajstić information content (AvgIpc) is 2.54. The van der Waals surface area contributed by atoms with Gasteiger partial charge in [-0.05, 0) is 63.9 Å².